The molecule has 2 aliphatic rings. The Morgan fingerprint density at radius 3 is 2.48 bits per heavy atom. The van der Waals surface area contributed by atoms with E-state index in [1.165, 1.54) is 0 Å². The molecule has 1 aliphatic heterocycles. The molecule has 1 saturated carbocycles. The number of carboxylic acids is 1. The number of amides is 1. The Morgan fingerprint density at radius 1 is 1.29 bits per heavy atom. The Hall–Kier alpha value is -1.59. The molecule has 1 saturated heterocycles. The number of carbonyl (C=O) groups is 3. The van der Waals surface area contributed by atoms with Gasteiger partial charge in [-0.05, 0) is 25.2 Å². The van der Waals surface area contributed by atoms with E-state index in [-0.39, 0.29) is 17.8 Å². The molecule has 0 aromatic carbocycles. The Kier molecular flexibility index (Phi) is 4.25. The van der Waals surface area contributed by atoms with Gasteiger partial charge in [0.25, 0.3) is 0 Å². The third-order valence-corrected chi connectivity index (χ3v) is 4.71. The lowest BCUT2D eigenvalue weighted by Gasteiger charge is -2.32. The van der Waals surface area contributed by atoms with Crippen LogP contribution in [0.15, 0.2) is 0 Å². The molecule has 0 radical (unpaired) electrons. The number of nitrogens with zero attached hydrogens (tertiary/aromatic N) is 1. The molecule has 3 atom stereocenters. The van der Waals surface area contributed by atoms with E-state index in [9.17, 15) is 19.5 Å². The Morgan fingerprint density at radius 2 is 1.95 bits per heavy atom. The molecule has 21 heavy (non-hydrogen) atoms. The van der Waals surface area contributed by atoms with Crippen molar-refractivity contribution in [3.8, 4) is 0 Å². The number of piperidine rings is 1. The average molecular weight is 297 g/mol. The quantitative estimate of drug-likeness (QED) is 0.787. The minimum atomic E-state index is -0.919. The first-order valence-corrected chi connectivity index (χ1v) is 7.49. The van der Waals surface area contributed by atoms with Crippen molar-refractivity contribution in [2.24, 2.45) is 23.2 Å². The first-order chi connectivity index (χ1) is 9.80. The van der Waals surface area contributed by atoms with Crippen LogP contribution in [0.1, 0.15) is 33.6 Å². The second kappa shape index (κ2) is 5.66. The van der Waals surface area contributed by atoms with Gasteiger partial charge in [-0.25, -0.2) is 0 Å². The summed E-state index contributed by atoms with van der Waals surface area (Å²) in [5, 5.41) is 9.17. The molecule has 0 aromatic rings. The van der Waals surface area contributed by atoms with Crippen molar-refractivity contribution in [2.75, 3.05) is 19.7 Å². The normalized spacial score (nSPS) is 30.6. The summed E-state index contributed by atoms with van der Waals surface area (Å²) in [6, 6.07) is 0. The molecule has 1 amide bonds. The van der Waals surface area contributed by atoms with E-state index < -0.39 is 23.2 Å². The molecule has 6 heteroatoms. The maximum atomic E-state index is 12.5. The van der Waals surface area contributed by atoms with Gasteiger partial charge in [-0.15, -0.1) is 0 Å². The predicted molar refractivity (Wildman–Crippen MR) is 74.3 cm³/mol. The molecule has 0 bridgehead atoms. The number of likely N-dealkylation sites (tertiary alicyclic amines) is 1. The van der Waals surface area contributed by atoms with Crippen molar-refractivity contribution in [2.45, 2.75) is 33.6 Å². The summed E-state index contributed by atoms with van der Waals surface area (Å²) in [7, 11) is 0. The third kappa shape index (κ3) is 2.89. The number of aliphatic carboxylic acids is 1. The zero-order valence-corrected chi connectivity index (χ0v) is 12.8. The van der Waals surface area contributed by atoms with E-state index >= 15 is 0 Å². The van der Waals surface area contributed by atoms with Crippen molar-refractivity contribution >= 4 is 17.8 Å². The topological polar surface area (TPSA) is 83.9 Å². The standard InChI is InChI=1S/C15H23NO5/c1-4-21-14(20)9-6-5-7-16(8-9)12(17)10-11(13(18)19)15(10,2)3/h9-11H,4-8H2,1-3H3,(H,18,19)/t9-,10+,11+/m0/s1. The van der Waals surface area contributed by atoms with Crippen molar-refractivity contribution in [3.63, 3.8) is 0 Å². The maximum absolute atomic E-state index is 12.5. The number of hydrogen-bond acceptors (Lipinski definition) is 4. The van der Waals surface area contributed by atoms with Crippen LogP contribution in [-0.4, -0.2) is 47.5 Å². The highest BCUT2D eigenvalue weighted by atomic mass is 16.5. The van der Waals surface area contributed by atoms with Gasteiger partial charge in [0.15, 0.2) is 0 Å². The number of hydrogen-bond donors (Lipinski definition) is 1. The fourth-order valence-corrected chi connectivity index (χ4v) is 3.39. The summed E-state index contributed by atoms with van der Waals surface area (Å²) in [5.74, 6) is -2.70. The van der Waals surface area contributed by atoms with Crippen LogP contribution in [0, 0.1) is 23.2 Å². The van der Waals surface area contributed by atoms with Crippen molar-refractivity contribution in [3.05, 3.63) is 0 Å². The summed E-state index contributed by atoms with van der Waals surface area (Å²) in [5.41, 5.74) is -0.500. The van der Waals surface area contributed by atoms with E-state index in [1.807, 2.05) is 0 Å². The molecule has 1 heterocycles. The number of ether oxygens (including phenoxy) is 1. The molecule has 1 N–H and O–H groups in total. The van der Waals surface area contributed by atoms with Crippen LogP contribution in [-0.2, 0) is 19.1 Å². The summed E-state index contributed by atoms with van der Waals surface area (Å²) < 4.78 is 5.01. The van der Waals surface area contributed by atoms with Crippen molar-refractivity contribution in [1.82, 2.24) is 4.90 Å². The van der Waals surface area contributed by atoms with Gasteiger partial charge < -0.3 is 14.7 Å². The van der Waals surface area contributed by atoms with E-state index in [1.54, 1.807) is 25.7 Å². The lowest BCUT2D eigenvalue weighted by molar-refractivity contribution is -0.152. The lowest BCUT2D eigenvalue weighted by atomic mass is 9.97. The summed E-state index contributed by atoms with van der Waals surface area (Å²) in [4.78, 5) is 37.2. The van der Waals surface area contributed by atoms with E-state index in [2.05, 4.69) is 0 Å². The SMILES string of the molecule is CCOC(=O)[C@H]1CCCN(C(=O)[C@H]2[C@H](C(=O)O)C2(C)C)C1. The van der Waals surface area contributed by atoms with Gasteiger partial charge in [0, 0.05) is 13.1 Å². The smallest absolute Gasteiger partial charge is 0.310 e. The Bertz CT molecular complexity index is 459. The Labute approximate surface area is 124 Å². The second-order valence-corrected chi connectivity index (χ2v) is 6.49. The zero-order chi connectivity index (χ0) is 15.8. The van der Waals surface area contributed by atoms with Gasteiger partial charge in [0.1, 0.15) is 0 Å². The van der Waals surface area contributed by atoms with E-state index in [0.717, 1.165) is 12.8 Å². The molecule has 118 valence electrons. The first kappa shape index (κ1) is 15.8. The van der Waals surface area contributed by atoms with Gasteiger partial charge in [-0.1, -0.05) is 13.8 Å². The predicted octanol–water partition coefficient (Wildman–Crippen LogP) is 1.14. The zero-order valence-electron chi connectivity index (χ0n) is 12.8. The number of esters is 1. The third-order valence-electron chi connectivity index (χ3n) is 4.71. The summed E-state index contributed by atoms with van der Waals surface area (Å²) in [6.45, 7) is 6.64. The highest BCUT2D eigenvalue weighted by Crippen LogP contribution is 2.59. The molecule has 1 aliphatic carbocycles. The second-order valence-electron chi connectivity index (χ2n) is 6.49. The van der Waals surface area contributed by atoms with Gasteiger partial charge >= 0.3 is 11.9 Å². The fraction of sp³-hybridized carbons (Fsp3) is 0.800. The molecular formula is C15H23NO5. The Balaban J connectivity index is 2.00. The molecule has 0 spiro atoms. The maximum Gasteiger partial charge on any atom is 0.310 e. The van der Waals surface area contributed by atoms with Crippen LogP contribution in [0.25, 0.3) is 0 Å². The number of carbonyl (C=O) groups excluding carboxylic acids is 2. The molecule has 2 fully saturated rings. The van der Waals surface area contributed by atoms with Crippen LogP contribution in [0.3, 0.4) is 0 Å². The van der Waals surface area contributed by atoms with Gasteiger partial charge in [0.05, 0.1) is 24.4 Å². The average Bonchev–Trinajstić information content (AvgIpc) is 3.01. The monoisotopic (exact) mass is 297 g/mol. The van der Waals surface area contributed by atoms with Gasteiger partial charge in [-0.3, -0.25) is 14.4 Å². The largest absolute Gasteiger partial charge is 0.481 e. The van der Waals surface area contributed by atoms with E-state index in [0.29, 0.717) is 19.7 Å². The van der Waals surface area contributed by atoms with Gasteiger partial charge in [0.2, 0.25) is 5.91 Å². The van der Waals surface area contributed by atoms with Crippen molar-refractivity contribution in [1.29, 1.82) is 0 Å². The number of rotatable bonds is 4. The highest BCUT2D eigenvalue weighted by molar-refractivity contribution is 5.92. The molecule has 6 nitrogen and oxygen atoms in total. The van der Waals surface area contributed by atoms with Crippen LogP contribution >= 0.6 is 0 Å². The molecule has 2 rings (SSSR count). The van der Waals surface area contributed by atoms with Crippen LogP contribution < -0.4 is 0 Å². The fourth-order valence-electron chi connectivity index (χ4n) is 3.39. The highest BCUT2D eigenvalue weighted by Gasteiger charge is 2.66. The summed E-state index contributed by atoms with van der Waals surface area (Å²) >= 11 is 0. The minimum absolute atomic E-state index is 0.138. The minimum Gasteiger partial charge on any atom is -0.481 e. The van der Waals surface area contributed by atoms with Crippen molar-refractivity contribution < 1.29 is 24.2 Å². The van der Waals surface area contributed by atoms with Crippen LogP contribution in [0.2, 0.25) is 0 Å². The number of carboxylic acid groups (broad SMARTS) is 1. The lowest BCUT2D eigenvalue weighted by Crippen LogP contribution is -2.44. The van der Waals surface area contributed by atoms with Crippen LogP contribution in [0.4, 0.5) is 0 Å². The first-order valence-electron chi connectivity index (χ1n) is 7.49. The van der Waals surface area contributed by atoms with Crippen LogP contribution in [0.5, 0.6) is 0 Å². The van der Waals surface area contributed by atoms with E-state index in [4.69, 9.17) is 4.74 Å². The molecular weight excluding hydrogens is 274 g/mol. The molecule has 0 aromatic heterocycles. The molecule has 0 unspecified atom stereocenters. The summed E-state index contributed by atoms with van der Waals surface area (Å²) in [6.07, 6.45) is 1.47. The van der Waals surface area contributed by atoms with Gasteiger partial charge in [-0.2, -0.15) is 0 Å².